The molecule has 0 spiro atoms. The lowest BCUT2D eigenvalue weighted by Crippen LogP contribution is -2.55. The van der Waals surface area contributed by atoms with Crippen LogP contribution in [0, 0.1) is 0 Å². The molecule has 3 N–H and O–H groups in total. The number of aliphatic hydroxyl groups is 1. The number of nitrogens with zero attached hydrogens (tertiary/aromatic N) is 1. The number of aliphatic hydroxyl groups excluding tert-OH is 1. The van der Waals surface area contributed by atoms with E-state index in [1.165, 1.54) is 11.9 Å². The van der Waals surface area contributed by atoms with Gasteiger partial charge < -0.3 is 20.5 Å². The molecule has 0 saturated heterocycles. The van der Waals surface area contributed by atoms with Crippen molar-refractivity contribution in [2.75, 3.05) is 20.3 Å². The number of rotatable bonds is 5. The average molecular weight is 232 g/mol. The molecule has 0 saturated carbocycles. The number of carbonyl (C=O) groups excluding carboxylic acids is 2. The van der Waals surface area contributed by atoms with Crippen molar-refractivity contribution in [3.05, 3.63) is 0 Å². The first-order chi connectivity index (χ1) is 7.27. The van der Waals surface area contributed by atoms with E-state index in [-0.39, 0.29) is 13.2 Å². The number of likely N-dealkylation sites (N-methyl/N-ethyl adjacent to an activating group) is 1. The van der Waals surface area contributed by atoms with Gasteiger partial charge in [-0.25, -0.2) is 4.79 Å². The Morgan fingerprint density at radius 3 is 2.38 bits per heavy atom. The second kappa shape index (κ2) is 5.81. The molecule has 1 amide bonds. The van der Waals surface area contributed by atoms with Crippen molar-refractivity contribution in [3.8, 4) is 0 Å². The van der Waals surface area contributed by atoms with Gasteiger partial charge in [0.05, 0.1) is 18.8 Å². The van der Waals surface area contributed by atoms with Crippen LogP contribution in [0.3, 0.4) is 0 Å². The monoisotopic (exact) mass is 232 g/mol. The molecular weight excluding hydrogens is 212 g/mol. The van der Waals surface area contributed by atoms with Crippen LogP contribution < -0.4 is 5.73 Å². The van der Waals surface area contributed by atoms with Crippen molar-refractivity contribution in [1.29, 1.82) is 0 Å². The van der Waals surface area contributed by atoms with Gasteiger partial charge in [0.25, 0.3) is 5.91 Å². The summed E-state index contributed by atoms with van der Waals surface area (Å²) in [7, 11) is 1.48. The Labute approximate surface area is 95.4 Å². The molecule has 1 unspecified atom stereocenters. The Morgan fingerprint density at radius 1 is 1.50 bits per heavy atom. The summed E-state index contributed by atoms with van der Waals surface area (Å²) < 4.78 is 4.65. The van der Waals surface area contributed by atoms with Crippen LogP contribution in [0.2, 0.25) is 0 Å². The Kier molecular flexibility index (Phi) is 5.40. The topological polar surface area (TPSA) is 92.9 Å². The number of hydrogen-bond donors (Lipinski definition) is 2. The van der Waals surface area contributed by atoms with E-state index in [4.69, 9.17) is 10.8 Å². The molecule has 1 atom stereocenters. The quantitative estimate of drug-likeness (QED) is 0.473. The van der Waals surface area contributed by atoms with Crippen LogP contribution in [0.1, 0.15) is 20.8 Å². The molecule has 0 aliphatic heterocycles. The highest BCUT2D eigenvalue weighted by Crippen LogP contribution is 2.12. The second-order valence-electron chi connectivity index (χ2n) is 4.10. The molecule has 6 nitrogen and oxygen atoms in total. The van der Waals surface area contributed by atoms with E-state index in [1.54, 1.807) is 20.8 Å². The first kappa shape index (κ1) is 14.9. The lowest BCUT2D eigenvalue weighted by atomic mass is 10.0. The Morgan fingerprint density at radius 2 is 2.00 bits per heavy atom. The minimum Gasteiger partial charge on any atom is -0.464 e. The van der Waals surface area contributed by atoms with Crippen LogP contribution in [0.4, 0.5) is 0 Å². The van der Waals surface area contributed by atoms with Gasteiger partial charge >= 0.3 is 5.97 Å². The van der Waals surface area contributed by atoms with Gasteiger partial charge in [0.2, 0.25) is 0 Å². The normalized spacial score (nSPS) is 13.1. The lowest BCUT2D eigenvalue weighted by molar-refractivity contribution is -0.152. The summed E-state index contributed by atoms with van der Waals surface area (Å²) in [5, 5.41) is 9.09. The number of ether oxygens (including phenoxy) is 1. The van der Waals surface area contributed by atoms with Crippen molar-refractivity contribution in [3.63, 3.8) is 0 Å². The third kappa shape index (κ3) is 3.46. The van der Waals surface area contributed by atoms with Gasteiger partial charge in [0, 0.05) is 7.05 Å². The molecule has 16 heavy (non-hydrogen) atoms. The summed E-state index contributed by atoms with van der Waals surface area (Å²) in [6.45, 7) is 4.93. The minimum absolute atomic E-state index is 0.174. The maximum absolute atomic E-state index is 11.8. The predicted octanol–water partition coefficient (Wildman–Crippen LogP) is -0.894. The van der Waals surface area contributed by atoms with Gasteiger partial charge in [0.15, 0.2) is 6.04 Å². The minimum atomic E-state index is -1.34. The first-order valence-electron chi connectivity index (χ1n) is 5.08. The zero-order chi connectivity index (χ0) is 12.9. The van der Waals surface area contributed by atoms with Crippen molar-refractivity contribution >= 4 is 11.9 Å². The molecule has 0 aliphatic carbocycles. The Bertz CT molecular complexity index is 266. The average Bonchev–Trinajstić information content (AvgIpc) is 2.26. The maximum Gasteiger partial charge on any atom is 0.332 e. The zero-order valence-electron chi connectivity index (χ0n) is 10.2. The number of esters is 1. The molecule has 0 radical (unpaired) electrons. The highest BCUT2D eigenvalue weighted by molar-refractivity contribution is 6.01. The van der Waals surface area contributed by atoms with Gasteiger partial charge in [-0.05, 0) is 20.8 Å². The number of carbonyl (C=O) groups is 2. The van der Waals surface area contributed by atoms with E-state index in [0.717, 1.165) is 0 Å². The Hall–Kier alpha value is -1.14. The SMILES string of the molecule is CCOC(=O)C(N)C(=O)N(C)C(C)(C)CO. The third-order valence-corrected chi connectivity index (χ3v) is 2.43. The number of hydrogen-bond acceptors (Lipinski definition) is 5. The van der Waals surface area contributed by atoms with E-state index >= 15 is 0 Å². The summed E-state index contributed by atoms with van der Waals surface area (Å²) in [5.41, 5.74) is 4.69. The summed E-state index contributed by atoms with van der Waals surface area (Å²) >= 11 is 0. The Balaban J connectivity index is 4.61. The van der Waals surface area contributed by atoms with Crippen molar-refractivity contribution in [2.24, 2.45) is 5.73 Å². The van der Waals surface area contributed by atoms with E-state index in [2.05, 4.69) is 4.74 Å². The van der Waals surface area contributed by atoms with Crippen molar-refractivity contribution in [1.82, 2.24) is 4.90 Å². The molecule has 0 aromatic heterocycles. The van der Waals surface area contributed by atoms with Crippen LogP contribution >= 0.6 is 0 Å². The van der Waals surface area contributed by atoms with E-state index < -0.39 is 23.5 Å². The maximum atomic E-state index is 11.8. The molecule has 0 aliphatic rings. The molecule has 6 heteroatoms. The van der Waals surface area contributed by atoms with Crippen LogP contribution in [0.5, 0.6) is 0 Å². The van der Waals surface area contributed by atoms with E-state index in [9.17, 15) is 9.59 Å². The first-order valence-corrected chi connectivity index (χ1v) is 5.08. The fourth-order valence-electron chi connectivity index (χ4n) is 0.946. The largest absolute Gasteiger partial charge is 0.464 e. The zero-order valence-corrected chi connectivity index (χ0v) is 10.2. The summed E-state index contributed by atoms with van der Waals surface area (Å²) in [6.07, 6.45) is 0. The highest BCUT2D eigenvalue weighted by Gasteiger charge is 2.33. The molecule has 0 bridgehead atoms. The standard InChI is InChI=1S/C10H20N2O4/c1-5-16-9(15)7(11)8(14)12(4)10(2,3)6-13/h7,13H,5-6,11H2,1-4H3. The summed E-state index contributed by atoms with van der Waals surface area (Å²) in [6, 6.07) is -1.34. The number of nitrogens with two attached hydrogens (primary N) is 1. The fourth-order valence-corrected chi connectivity index (χ4v) is 0.946. The van der Waals surface area contributed by atoms with Crippen molar-refractivity contribution in [2.45, 2.75) is 32.4 Å². The molecule has 0 fully saturated rings. The predicted molar refractivity (Wildman–Crippen MR) is 58.5 cm³/mol. The van der Waals surface area contributed by atoms with E-state index in [0.29, 0.717) is 0 Å². The molecule has 0 heterocycles. The molecule has 0 aromatic carbocycles. The summed E-state index contributed by atoms with van der Waals surface area (Å²) in [4.78, 5) is 24.2. The van der Waals surface area contributed by atoms with Crippen LogP contribution in [-0.4, -0.2) is 53.7 Å². The van der Waals surface area contributed by atoms with Crippen molar-refractivity contribution < 1.29 is 19.4 Å². The van der Waals surface area contributed by atoms with E-state index in [1.807, 2.05) is 0 Å². The van der Waals surface area contributed by atoms with Crippen LogP contribution in [0.25, 0.3) is 0 Å². The lowest BCUT2D eigenvalue weighted by Gasteiger charge is -2.35. The molecule has 94 valence electrons. The van der Waals surface area contributed by atoms with Gasteiger partial charge in [-0.2, -0.15) is 0 Å². The molecule has 0 aromatic rings. The summed E-state index contributed by atoms with van der Waals surface area (Å²) in [5.74, 6) is -1.33. The molecular formula is C10H20N2O4. The van der Waals surface area contributed by atoms with Gasteiger partial charge in [-0.15, -0.1) is 0 Å². The van der Waals surface area contributed by atoms with Gasteiger partial charge in [-0.3, -0.25) is 4.79 Å². The van der Waals surface area contributed by atoms with Gasteiger partial charge in [0.1, 0.15) is 0 Å². The van der Waals surface area contributed by atoms with Crippen LogP contribution in [0.15, 0.2) is 0 Å². The smallest absolute Gasteiger partial charge is 0.332 e. The fraction of sp³-hybridized carbons (Fsp3) is 0.800. The second-order valence-corrected chi connectivity index (χ2v) is 4.10. The molecule has 0 rings (SSSR count). The van der Waals surface area contributed by atoms with Crippen LogP contribution in [-0.2, 0) is 14.3 Å². The number of amides is 1. The van der Waals surface area contributed by atoms with Gasteiger partial charge in [-0.1, -0.05) is 0 Å². The highest BCUT2D eigenvalue weighted by atomic mass is 16.5. The third-order valence-electron chi connectivity index (χ3n) is 2.43.